The third kappa shape index (κ3) is 2.48. The first-order chi connectivity index (χ1) is 7.40. The van der Waals surface area contributed by atoms with Crippen molar-refractivity contribution in [2.75, 3.05) is 31.2 Å². The van der Waals surface area contributed by atoms with Gasteiger partial charge in [-0.05, 0) is 30.7 Å². The number of ether oxygens (including phenoxy) is 1. The lowest BCUT2D eigenvalue weighted by Gasteiger charge is -2.21. The summed E-state index contributed by atoms with van der Waals surface area (Å²) in [5.41, 5.74) is 1.89. The molecule has 0 N–H and O–H groups in total. The molecular formula is C12H14N2O. The highest BCUT2D eigenvalue weighted by Gasteiger charge is 2.09. The monoisotopic (exact) mass is 202 g/mol. The molecule has 1 saturated heterocycles. The van der Waals surface area contributed by atoms with Crippen LogP contribution in [-0.4, -0.2) is 26.3 Å². The van der Waals surface area contributed by atoms with Crippen molar-refractivity contribution < 1.29 is 4.74 Å². The fraction of sp³-hybridized carbons (Fsp3) is 0.417. The normalized spacial score (nSPS) is 16.9. The van der Waals surface area contributed by atoms with Crippen molar-refractivity contribution in [2.24, 2.45) is 0 Å². The number of nitriles is 1. The van der Waals surface area contributed by atoms with E-state index in [-0.39, 0.29) is 0 Å². The Hall–Kier alpha value is -1.53. The standard InChI is InChI=1S/C12H14N2O/c13-10-11-2-4-12(5-3-11)14-6-1-8-15-9-7-14/h2-5H,1,6-9H2. The molecule has 1 aromatic carbocycles. The van der Waals surface area contributed by atoms with Crippen molar-refractivity contribution >= 4 is 5.69 Å². The van der Waals surface area contributed by atoms with Crippen LogP contribution in [0.4, 0.5) is 5.69 Å². The molecule has 1 heterocycles. The van der Waals surface area contributed by atoms with Crippen LogP contribution in [0.1, 0.15) is 12.0 Å². The van der Waals surface area contributed by atoms with Crippen molar-refractivity contribution in [3.63, 3.8) is 0 Å². The second kappa shape index (κ2) is 4.81. The predicted octanol–water partition coefficient (Wildman–Crippen LogP) is 1.78. The fourth-order valence-electron chi connectivity index (χ4n) is 1.75. The summed E-state index contributed by atoms with van der Waals surface area (Å²) in [5, 5.41) is 8.70. The van der Waals surface area contributed by atoms with E-state index in [0.29, 0.717) is 5.56 Å². The Morgan fingerprint density at radius 3 is 2.67 bits per heavy atom. The molecule has 0 unspecified atom stereocenters. The second-order valence-corrected chi connectivity index (χ2v) is 3.61. The van der Waals surface area contributed by atoms with E-state index < -0.39 is 0 Å². The van der Waals surface area contributed by atoms with E-state index in [2.05, 4.69) is 11.0 Å². The number of rotatable bonds is 1. The SMILES string of the molecule is N#Cc1ccc(N2CCCOCC2)cc1. The van der Waals surface area contributed by atoms with Crippen LogP contribution >= 0.6 is 0 Å². The van der Waals surface area contributed by atoms with Gasteiger partial charge in [0.1, 0.15) is 0 Å². The van der Waals surface area contributed by atoms with Crippen LogP contribution in [-0.2, 0) is 4.74 Å². The van der Waals surface area contributed by atoms with E-state index in [1.807, 2.05) is 24.3 Å². The molecule has 0 aliphatic carbocycles. The summed E-state index contributed by atoms with van der Waals surface area (Å²) < 4.78 is 5.40. The zero-order valence-electron chi connectivity index (χ0n) is 8.65. The molecule has 1 aromatic rings. The highest BCUT2D eigenvalue weighted by atomic mass is 16.5. The molecule has 0 aromatic heterocycles. The summed E-state index contributed by atoms with van der Waals surface area (Å²) in [4.78, 5) is 2.30. The summed E-state index contributed by atoms with van der Waals surface area (Å²) >= 11 is 0. The van der Waals surface area contributed by atoms with Gasteiger partial charge in [0.2, 0.25) is 0 Å². The minimum Gasteiger partial charge on any atom is -0.380 e. The zero-order chi connectivity index (χ0) is 10.5. The molecule has 0 saturated carbocycles. The van der Waals surface area contributed by atoms with Crippen molar-refractivity contribution in [1.29, 1.82) is 5.26 Å². The van der Waals surface area contributed by atoms with Gasteiger partial charge in [-0.3, -0.25) is 0 Å². The molecule has 15 heavy (non-hydrogen) atoms. The maximum atomic E-state index is 8.70. The number of anilines is 1. The minimum atomic E-state index is 0.713. The quantitative estimate of drug-likeness (QED) is 0.696. The minimum absolute atomic E-state index is 0.713. The van der Waals surface area contributed by atoms with Gasteiger partial charge < -0.3 is 9.64 Å². The van der Waals surface area contributed by atoms with Crippen molar-refractivity contribution in [3.8, 4) is 6.07 Å². The molecule has 0 amide bonds. The Kier molecular flexibility index (Phi) is 3.21. The summed E-state index contributed by atoms with van der Waals surface area (Å²) in [6, 6.07) is 9.86. The molecule has 0 radical (unpaired) electrons. The molecule has 2 rings (SSSR count). The average molecular weight is 202 g/mol. The molecule has 1 fully saturated rings. The first-order valence-corrected chi connectivity index (χ1v) is 5.23. The Morgan fingerprint density at radius 1 is 1.13 bits per heavy atom. The number of nitrogens with zero attached hydrogens (tertiary/aromatic N) is 2. The lowest BCUT2D eigenvalue weighted by Crippen LogP contribution is -2.25. The van der Waals surface area contributed by atoms with E-state index in [4.69, 9.17) is 10.00 Å². The average Bonchev–Trinajstić information content (AvgIpc) is 2.58. The van der Waals surface area contributed by atoms with E-state index in [1.54, 1.807) is 0 Å². The van der Waals surface area contributed by atoms with Crippen molar-refractivity contribution in [1.82, 2.24) is 0 Å². The van der Waals surface area contributed by atoms with Crippen molar-refractivity contribution in [3.05, 3.63) is 29.8 Å². The van der Waals surface area contributed by atoms with Crippen LogP contribution in [0, 0.1) is 11.3 Å². The molecule has 0 bridgehead atoms. The first-order valence-electron chi connectivity index (χ1n) is 5.23. The topological polar surface area (TPSA) is 36.3 Å². The summed E-state index contributed by atoms with van der Waals surface area (Å²) in [6.45, 7) is 3.62. The summed E-state index contributed by atoms with van der Waals surface area (Å²) in [5.74, 6) is 0. The third-order valence-corrected chi connectivity index (χ3v) is 2.58. The second-order valence-electron chi connectivity index (χ2n) is 3.61. The van der Waals surface area contributed by atoms with Gasteiger partial charge in [-0.25, -0.2) is 0 Å². The van der Waals surface area contributed by atoms with Gasteiger partial charge in [-0.1, -0.05) is 0 Å². The third-order valence-electron chi connectivity index (χ3n) is 2.58. The van der Waals surface area contributed by atoms with Gasteiger partial charge in [-0.15, -0.1) is 0 Å². The van der Waals surface area contributed by atoms with Crippen LogP contribution in [0.2, 0.25) is 0 Å². The zero-order valence-corrected chi connectivity index (χ0v) is 8.65. The maximum Gasteiger partial charge on any atom is 0.0991 e. The summed E-state index contributed by atoms with van der Waals surface area (Å²) in [6.07, 6.45) is 1.07. The highest BCUT2D eigenvalue weighted by Crippen LogP contribution is 2.16. The Labute approximate surface area is 89.9 Å². The molecule has 3 heteroatoms. The molecule has 1 aliphatic rings. The van der Waals surface area contributed by atoms with Crippen molar-refractivity contribution in [2.45, 2.75) is 6.42 Å². The Balaban J connectivity index is 2.10. The van der Waals surface area contributed by atoms with Crippen LogP contribution in [0.5, 0.6) is 0 Å². The lowest BCUT2D eigenvalue weighted by molar-refractivity contribution is 0.152. The van der Waals surface area contributed by atoms with Crippen LogP contribution in [0.3, 0.4) is 0 Å². The number of hydrogen-bond acceptors (Lipinski definition) is 3. The summed E-state index contributed by atoms with van der Waals surface area (Å²) in [7, 11) is 0. The molecular weight excluding hydrogens is 188 g/mol. The van der Waals surface area contributed by atoms with Crippen LogP contribution in [0.15, 0.2) is 24.3 Å². The molecule has 0 spiro atoms. The smallest absolute Gasteiger partial charge is 0.0991 e. The Morgan fingerprint density at radius 2 is 1.93 bits per heavy atom. The number of hydrogen-bond donors (Lipinski definition) is 0. The van der Waals surface area contributed by atoms with Gasteiger partial charge in [0.05, 0.1) is 18.2 Å². The highest BCUT2D eigenvalue weighted by molar-refractivity contribution is 5.49. The molecule has 78 valence electrons. The van der Waals surface area contributed by atoms with Crippen LogP contribution < -0.4 is 4.90 Å². The molecule has 1 aliphatic heterocycles. The van der Waals surface area contributed by atoms with Crippen LogP contribution in [0.25, 0.3) is 0 Å². The maximum absolute atomic E-state index is 8.70. The van der Waals surface area contributed by atoms with Gasteiger partial charge in [-0.2, -0.15) is 5.26 Å². The molecule has 3 nitrogen and oxygen atoms in total. The lowest BCUT2D eigenvalue weighted by atomic mass is 10.2. The van der Waals surface area contributed by atoms with Gasteiger partial charge >= 0.3 is 0 Å². The van der Waals surface area contributed by atoms with E-state index in [0.717, 1.165) is 32.7 Å². The number of benzene rings is 1. The Bertz CT molecular complexity index is 345. The molecule has 0 atom stereocenters. The van der Waals surface area contributed by atoms with E-state index in [9.17, 15) is 0 Å². The van der Waals surface area contributed by atoms with Gasteiger partial charge in [0.25, 0.3) is 0 Å². The van der Waals surface area contributed by atoms with Gasteiger partial charge in [0, 0.05) is 25.4 Å². The largest absolute Gasteiger partial charge is 0.380 e. The first kappa shape index (κ1) is 10.0. The predicted molar refractivity (Wildman–Crippen MR) is 58.8 cm³/mol. The van der Waals surface area contributed by atoms with E-state index in [1.165, 1.54) is 5.69 Å². The van der Waals surface area contributed by atoms with Gasteiger partial charge in [0.15, 0.2) is 0 Å². The van der Waals surface area contributed by atoms with E-state index >= 15 is 0 Å². The fourth-order valence-corrected chi connectivity index (χ4v) is 1.75.